The Bertz CT molecular complexity index is 557. The zero-order chi connectivity index (χ0) is 17.6. The first-order valence-electron chi connectivity index (χ1n) is 8.34. The van der Waals surface area contributed by atoms with Crippen LogP contribution < -0.4 is 10.6 Å². The molecule has 0 spiro atoms. The van der Waals surface area contributed by atoms with Gasteiger partial charge in [0.2, 0.25) is 0 Å². The SMILES string of the molecule is CCCNC=C1C=CC=CC1=O.CCCNC=C1C=CC=CC1=O.[Co]. The second kappa shape index (κ2) is 14.2. The van der Waals surface area contributed by atoms with Crippen molar-refractivity contribution in [1.82, 2.24) is 10.6 Å². The van der Waals surface area contributed by atoms with Crippen molar-refractivity contribution in [3.63, 3.8) is 0 Å². The van der Waals surface area contributed by atoms with Crippen molar-refractivity contribution in [3.05, 3.63) is 72.2 Å². The van der Waals surface area contributed by atoms with Gasteiger partial charge in [0.15, 0.2) is 11.6 Å². The summed E-state index contributed by atoms with van der Waals surface area (Å²) in [6.07, 6.45) is 19.7. The van der Waals surface area contributed by atoms with Gasteiger partial charge in [-0.15, -0.1) is 0 Å². The number of carbonyl (C=O) groups excluding carboxylic acids is 2. The third-order valence-corrected chi connectivity index (χ3v) is 3.14. The molecule has 0 aromatic rings. The van der Waals surface area contributed by atoms with Crippen molar-refractivity contribution >= 4 is 11.6 Å². The van der Waals surface area contributed by atoms with Gasteiger partial charge in [0, 0.05) is 53.4 Å². The van der Waals surface area contributed by atoms with Gasteiger partial charge in [-0.1, -0.05) is 38.2 Å². The van der Waals surface area contributed by atoms with Crippen LogP contribution in [0.5, 0.6) is 0 Å². The molecule has 0 aromatic heterocycles. The molecule has 0 aromatic carbocycles. The summed E-state index contributed by atoms with van der Waals surface area (Å²) in [5.74, 6) is 0.141. The third kappa shape index (κ3) is 9.69. The summed E-state index contributed by atoms with van der Waals surface area (Å²) >= 11 is 0. The van der Waals surface area contributed by atoms with E-state index in [-0.39, 0.29) is 28.3 Å². The van der Waals surface area contributed by atoms with Crippen molar-refractivity contribution in [2.45, 2.75) is 26.7 Å². The molecule has 0 saturated carbocycles. The Labute approximate surface area is 160 Å². The van der Waals surface area contributed by atoms with Crippen LogP contribution in [0.1, 0.15) is 26.7 Å². The van der Waals surface area contributed by atoms with Crippen molar-refractivity contribution in [2.75, 3.05) is 13.1 Å². The smallest absolute Gasteiger partial charge is 0.187 e. The molecule has 0 unspecified atom stereocenters. The van der Waals surface area contributed by atoms with E-state index in [1.807, 2.05) is 24.3 Å². The van der Waals surface area contributed by atoms with E-state index in [0.29, 0.717) is 0 Å². The van der Waals surface area contributed by atoms with Gasteiger partial charge >= 0.3 is 0 Å². The van der Waals surface area contributed by atoms with Crippen LogP contribution in [0.3, 0.4) is 0 Å². The molecule has 25 heavy (non-hydrogen) atoms. The van der Waals surface area contributed by atoms with E-state index in [4.69, 9.17) is 0 Å². The van der Waals surface area contributed by atoms with Crippen LogP contribution in [0.15, 0.2) is 72.2 Å². The van der Waals surface area contributed by atoms with E-state index in [1.165, 1.54) is 0 Å². The normalized spacial score (nSPS) is 18.0. The van der Waals surface area contributed by atoms with Crippen LogP contribution in [0.25, 0.3) is 0 Å². The third-order valence-electron chi connectivity index (χ3n) is 3.14. The Balaban J connectivity index is 0.000000443. The van der Waals surface area contributed by atoms with E-state index >= 15 is 0 Å². The Morgan fingerprint density at radius 1 is 0.720 bits per heavy atom. The van der Waals surface area contributed by atoms with Crippen LogP contribution in [0.2, 0.25) is 0 Å². The fourth-order valence-corrected chi connectivity index (χ4v) is 1.85. The standard InChI is InChI=1S/2C10H13NO.Co/c2*1-2-7-11-8-9-5-3-4-6-10(9)12;/h2*3-6,8,11H,2,7H2,1H3;. The molecule has 5 heteroatoms. The maximum absolute atomic E-state index is 11.1. The molecule has 2 rings (SSSR count). The molecule has 2 aliphatic carbocycles. The average molecular weight is 385 g/mol. The van der Waals surface area contributed by atoms with Crippen LogP contribution in [-0.4, -0.2) is 24.7 Å². The summed E-state index contributed by atoms with van der Waals surface area (Å²) in [4.78, 5) is 22.3. The monoisotopic (exact) mass is 385 g/mol. The van der Waals surface area contributed by atoms with E-state index in [1.54, 1.807) is 36.7 Å². The van der Waals surface area contributed by atoms with Crippen LogP contribution in [0.4, 0.5) is 0 Å². The molecule has 0 atom stereocenters. The van der Waals surface area contributed by atoms with Gasteiger partial charge < -0.3 is 10.6 Å². The molecule has 4 nitrogen and oxygen atoms in total. The van der Waals surface area contributed by atoms with E-state index in [9.17, 15) is 9.59 Å². The van der Waals surface area contributed by atoms with Crippen molar-refractivity contribution in [1.29, 1.82) is 0 Å². The summed E-state index contributed by atoms with van der Waals surface area (Å²) in [5.41, 5.74) is 1.46. The number of nitrogens with one attached hydrogen (secondary N) is 2. The van der Waals surface area contributed by atoms with Crippen molar-refractivity contribution < 1.29 is 26.4 Å². The summed E-state index contributed by atoms with van der Waals surface area (Å²) in [7, 11) is 0. The number of allylic oxidation sites excluding steroid dienone is 10. The minimum Gasteiger partial charge on any atom is -0.390 e. The largest absolute Gasteiger partial charge is 0.390 e. The molecule has 0 fully saturated rings. The Morgan fingerprint density at radius 2 is 1.08 bits per heavy atom. The summed E-state index contributed by atoms with van der Waals surface area (Å²) in [5, 5.41) is 6.13. The van der Waals surface area contributed by atoms with Crippen molar-refractivity contribution in [2.24, 2.45) is 0 Å². The molecule has 0 heterocycles. The Morgan fingerprint density at radius 3 is 1.40 bits per heavy atom. The van der Waals surface area contributed by atoms with E-state index in [0.717, 1.165) is 37.1 Å². The molecule has 0 amide bonds. The average Bonchev–Trinajstić information content (AvgIpc) is 2.59. The molecule has 137 valence electrons. The Kier molecular flexibility index (Phi) is 13.0. The van der Waals surface area contributed by atoms with Gasteiger partial charge in [0.25, 0.3) is 0 Å². The topological polar surface area (TPSA) is 58.2 Å². The fraction of sp³-hybridized carbons (Fsp3) is 0.300. The van der Waals surface area contributed by atoms with Crippen LogP contribution >= 0.6 is 0 Å². The minimum atomic E-state index is 0. The predicted molar refractivity (Wildman–Crippen MR) is 99.3 cm³/mol. The van der Waals surface area contributed by atoms with Crippen molar-refractivity contribution in [3.8, 4) is 0 Å². The summed E-state index contributed by atoms with van der Waals surface area (Å²) < 4.78 is 0. The second-order valence-corrected chi connectivity index (χ2v) is 5.27. The zero-order valence-electron chi connectivity index (χ0n) is 14.8. The minimum absolute atomic E-state index is 0. The maximum Gasteiger partial charge on any atom is 0.187 e. The number of hydrogen-bond donors (Lipinski definition) is 2. The van der Waals surface area contributed by atoms with Gasteiger partial charge in [-0.25, -0.2) is 0 Å². The van der Waals surface area contributed by atoms with Crippen LogP contribution in [-0.2, 0) is 26.4 Å². The zero-order valence-corrected chi connectivity index (χ0v) is 15.8. The second-order valence-electron chi connectivity index (χ2n) is 5.27. The molecule has 2 aliphatic rings. The first-order valence-corrected chi connectivity index (χ1v) is 8.34. The quantitative estimate of drug-likeness (QED) is 0.545. The maximum atomic E-state index is 11.1. The van der Waals surface area contributed by atoms with Gasteiger partial charge in [0.05, 0.1) is 0 Å². The predicted octanol–water partition coefficient (Wildman–Crippen LogP) is 3.13. The number of ketones is 2. The first-order chi connectivity index (χ1) is 11.7. The summed E-state index contributed by atoms with van der Waals surface area (Å²) in [6.45, 7) is 6.00. The molecular formula is C20H26CoN2O2. The van der Waals surface area contributed by atoms with E-state index < -0.39 is 0 Å². The van der Waals surface area contributed by atoms with Gasteiger partial charge in [0.1, 0.15) is 0 Å². The number of hydrogen-bond acceptors (Lipinski definition) is 4. The first kappa shape index (κ1) is 22.9. The molecule has 2 N–H and O–H groups in total. The molecular weight excluding hydrogens is 359 g/mol. The number of carbonyl (C=O) groups is 2. The van der Waals surface area contributed by atoms with Gasteiger partial charge in [-0.3, -0.25) is 9.59 Å². The van der Waals surface area contributed by atoms with Gasteiger partial charge in [-0.05, 0) is 37.1 Å². The Hall–Kier alpha value is -2.11. The fourth-order valence-electron chi connectivity index (χ4n) is 1.85. The molecule has 0 saturated heterocycles. The van der Waals surface area contributed by atoms with E-state index in [2.05, 4.69) is 24.5 Å². The molecule has 0 aliphatic heterocycles. The van der Waals surface area contributed by atoms with Gasteiger partial charge in [-0.2, -0.15) is 0 Å². The molecule has 1 radical (unpaired) electrons. The number of rotatable bonds is 6. The molecule has 0 bridgehead atoms. The van der Waals surface area contributed by atoms with Crippen LogP contribution in [0, 0.1) is 0 Å². The summed E-state index contributed by atoms with van der Waals surface area (Å²) in [6, 6.07) is 0.